The van der Waals surface area contributed by atoms with E-state index in [2.05, 4.69) is 10.2 Å². The molecule has 0 aliphatic heterocycles. The van der Waals surface area contributed by atoms with Crippen LogP contribution in [0.15, 0.2) is 59.0 Å². The maximum atomic E-state index is 13.7. The number of rotatable bonds is 5. The third-order valence-corrected chi connectivity index (χ3v) is 3.82. The maximum absolute atomic E-state index is 13.7. The van der Waals surface area contributed by atoms with Crippen molar-refractivity contribution in [3.05, 3.63) is 76.9 Å². The lowest BCUT2D eigenvalue weighted by atomic mass is 10.2. The molecule has 0 N–H and O–H groups in total. The van der Waals surface area contributed by atoms with Crippen molar-refractivity contribution in [3.8, 4) is 11.5 Å². The molecule has 0 amide bonds. The van der Waals surface area contributed by atoms with Gasteiger partial charge < -0.3 is 9.15 Å². The number of halogens is 2. The topological polar surface area (TPSA) is 65.2 Å². The van der Waals surface area contributed by atoms with Crippen LogP contribution in [0, 0.1) is 5.82 Å². The minimum absolute atomic E-state index is 0.114. The molecule has 0 bridgehead atoms. The molecule has 0 radical (unpaired) electrons. The van der Waals surface area contributed by atoms with Crippen molar-refractivity contribution in [2.75, 3.05) is 0 Å². The van der Waals surface area contributed by atoms with Crippen LogP contribution in [-0.2, 0) is 9.53 Å². The number of hydrogen-bond acceptors (Lipinski definition) is 5. The van der Waals surface area contributed by atoms with E-state index in [9.17, 15) is 9.18 Å². The molecule has 5 nitrogen and oxygen atoms in total. The quantitative estimate of drug-likeness (QED) is 0.473. The fourth-order valence-electron chi connectivity index (χ4n) is 2.18. The maximum Gasteiger partial charge on any atom is 0.331 e. The number of carbonyl (C=O) groups is 1. The molecule has 2 aromatic carbocycles. The highest BCUT2D eigenvalue weighted by Crippen LogP contribution is 2.23. The van der Waals surface area contributed by atoms with Gasteiger partial charge in [0.25, 0.3) is 5.89 Å². The smallest absolute Gasteiger partial charge is 0.331 e. The summed E-state index contributed by atoms with van der Waals surface area (Å²) in [5.74, 6) is -0.720. The van der Waals surface area contributed by atoms with Gasteiger partial charge in [-0.1, -0.05) is 35.9 Å². The highest BCUT2D eigenvalue weighted by molar-refractivity contribution is 6.32. The lowest BCUT2D eigenvalue weighted by molar-refractivity contribution is -0.143. The Balaban J connectivity index is 1.66. The molecule has 0 aliphatic carbocycles. The van der Waals surface area contributed by atoms with Crippen LogP contribution in [-0.4, -0.2) is 16.2 Å². The Morgan fingerprint density at radius 1 is 1.19 bits per heavy atom. The predicted octanol–water partition coefficient (Wildman–Crippen LogP) is 4.85. The molecule has 1 heterocycles. The van der Waals surface area contributed by atoms with E-state index in [1.165, 1.54) is 24.3 Å². The summed E-state index contributed by atoms with van der Waals surface area (Å²) >= 11 is 5.90. The first kappa shape index (κ1) is 17.8. The van der Waals surface area contributed by atoms with Crippen molar-refractivity contribution >= 4 is 23.6 Å². The van der Waals surface area contributed by atoms with Gasteiger partial charge in [0.15, 0.2) is 6.10 Å². The van der Waals surface area contributed by atoms with Crippen molar-refractivity contribution < 1.29 is 18.3 Å². The number of esters is 1. The number of benzene rings is 2. The van der Waals surface area contributed by atoms with E-state index in [0.29, 0.717) is 5.89 Å². The zero-order chi connectivity index (χ0) is 18.5. The highest BCUT2D eigenvalue weighted by Gasteiger charge is 2.18. The Labute approximate surface area is 154 Å². The standard InChI is InChI=1S/C19H14ClFN2O3/c1-12(18-22-23-19(26-18)13-6-3-2-4-7-13)25-17(24)11-10-14-15(20)8-5-9-16(14)21/h2-12H,1H3/b11-10+/t12-/m1/s1. The van der Waals surface area contributed by atoms with Crippen LogP contribution in [0.25, 0.3) is 17.5 Å². The molecule has 0 saturated heterocycles. The number of carbonyl (C=O) groups excluding carboxylic acids is 1. The van der Waals surface area contributed by atoms with Crippen LogP contribution >= 0.6 is 11.6 Å². The lowest BCUT2D eigenvalue weighted by Crippen LogP contribution is -2.06. The fourth-order valence-corrected chi connectivity index (χ4v) is 2.41. The molecule has 7 heteroatoms. The summed E-state index contributed by atoms with van der Waals surface area (Å²) in [4.78, 5) is 11.9. The Morgan fingerprint density at radius 3 is 2.69 bits per heavy atom. The Morgan fingerprint density at radius 2 is 1.96 bits per heavy atom. The average molecular weight is 373 g/mol. The lowest BCUT2D eigenvalue weighted by Gasteiger charge is -2.07. The van der Waals surface area contributed by atoms with Gasteiger partial charge in [0, 0.05) is 17.2 Å². The van der Waals surface area contributed by atoms with Crippen molar-refractivity contribution in [1.29, 1.82) is 0 Å². The molecule has 0 aliphatic rings. The molecule has 0 fully saturated rings. The number of hydrogen-bond donors (Lipinski definition) is 0. The first-order chi connectivity index (χ1) is 12.5. The molecule has 3 aromatic rings. The minimum atomic E-state index is -0.756. The SMILES string of the molecule is C[C@@H](OC(=O)/C=C/c1c(F)cccc1Cl)c1nnc(-c2ccccc2)o1. The van der Waals surface area contributed by atoms with E-state index >= 15 is 0 Å². The zero-order valence-corrected chi connectivity index (χ0v) is 14.5. The van der Waals surface area contributed by atoms with Gasteiger partial charge in [-0.3, -0.25) is 0 Å². The van der Waals surface area contributed by atoms with Gasteiger partial charge in [-0.15, -0.1) is 10.2 Å². The van der Waals surface area contributed by atoms with E-state index in [0.717, 1.165) is 11.6 Å². The molecule has 1 aromatic heterocycles. The summed E-state index contributed by atoms with van der Waals surface area (Å²) in [7, 11) is 0. The normalized spacial score (nSPS) is 12.3. The second-order valence-corrected chi connectivity index (χ2v) is 5.77. The van der Waals surface area contributed by atoms with Crippen molar-refractivity contribution in [3.63, 3.8) is 0 Å². The molecule has 1 atom stereocenters. The van der Waals surface area contributed by atoms with Crippen molar-refractivity contribution in [2.24, 2.45) is 0 Å². The van der Waals surface area contributed by atoms with Gasteiger partial charge in [-0.2, -0.15) is 0 Å². The van der Waals surface area contributed by atoms with Crippen LogP contribution < -0.4 is 0 Å². The van der Waals surface area contributed by atoms with Gasteiger partial charge in [-0.05, 0) is 37.3 Å². The van der Waals surface area contributed by atoms with E-state index in [1.807, 2.05) is 30.3 Å². The Bertz CT molecular complexity index is 921. The second-order valence-electron chi connectivity index (χ2n) is 5.36. The molecular formula is C19H14ClFN2O3. The zero-order valence-electron chi connectivity index (χ0n) is 13.7. The molecule has 132 valence electrons. The van der Waals surface area contributed by atoms with Gasteiger partial charge >= 0.3 is 5.97 Å². The average Bonchev–Trinajstić information content (AvgIpc) is 3.12. The van der Waals surface area contributed by atoms with Crippen LogP contribution in [0.4, 0.5) is 4.39 Å². The van der Waals surface area contributed by atoms with E-state index in [4.69, 9.17) is 20.8 Å². The first-order valence-corrected chi connectivity index (χ1v) is 8.14. The minimum Gasteiger partial charge on any atom is -0.449 e. The molecule has 0 unspecified atom stereocenters. The van der Waals surface area contributed by atoms with Gasteiger partial charge in [0.2, 0.25) is 5.89 Å². The largest absolute Gasteiger partial charge is 0.449 e. The van der Waals surface area contributed by atoms with Gasteiger partial charge in [0.05, 0.1) is 5.02 Å². The summed E-state index contributed by atoms with van der Waals surface area (Å²) < 4.78 is 24.4. The third-order valence-electron chi connectivity index (χ3n) is 3.49. The Hall–Kier alpha value is -2.99. The number of aromatic nitrogens is 2. The van der Waals surface area contributed by atoms with Crippen LogP contribution in [0.3, 0.4) is 0 Å². The van der Waals surface area contributed by atoms with E-state index in [1.54, 1.807) is 6.92 Å². The third kappa shape index (κ3) is 4.15. The van der Waals surface area contributed by atoms with Crippen LogP contribution in [0.1, 0.15) is 24.5 Å². The van der Waals surface area contributed by atoms with Gasteiger partial charge in [-0.25, -0.2) is 9.18 Å². The monoisotopic (exact) mass is 372 g/mol. The molecule has 0 spiro atoms. The van der Waals surface area contributed by atoms with E-state index < -0.39 is 17.9 Å². The predicted molar refractivity (Wildman–Crippen MR) is 94.7 cm³/mol. The van der Waals surface area contributed by atoms with Gasteiger partial charge in [0.1, 0.15) is 5.82 Å². The fraction of sp³-hybridized carbons (Fsp3) is 0.105. The summed E-state index contributed by atoms with van der Waals surface area (Å²) in [5, 5.41) is 8.03. The van der Waals surface area contributed by atoms with Crippen molar-refractivity contribution in [2.45, 2.75) is 13.0 Å². The molecule has 26 heavy (non-hydrogen) atoms. The van der Waals surface area contributed by atoms with Crippen molar-refractivity contribution in [1.82, 2.24) is 10.2 Å². The van der Waals surface area contributed by atoms with Crippen LogP contribution in [0.5, 0.6) is 0 Å². The Kier molecular flexibility index (Phi) is 5.43. The first-order valence-electron chi connectivity index (χ1n) is 7.76. The summed E-state index contributed by atoms with van der Waals surface area (Å²) in [6.07, 6.45) is 1.60. The summed E-state index contributed by atoms with van der Waals surface area (Å²) in [5.41, 5.74) is 0.877. The second kappa shape index (κ2) is 7.93. The van der Waals surface area contributed by atoms with Crippen LogP contribution in [0.2, 0.25) is 5.02 Å². The number of nitrogens with zero attached hydrogens (tertiary/aromatic N) is 2. The molecular weight excluding hydrogens is 359 g/mol. The highest BCUT2D eigenvalue weighted by atomic mass is 35.5. The molecule has 3 rings (SSSR count). The summed E-state index contributed by atoms with van der Waals surface area (Å²) in [6.45, 7) is 1.60. The van der Waals surface area contributed by atoms with E-state index in [-0.39, 0.29) is 16.5 Å². The number of ether oxygens (including phenoxy) is 1. The summed E-state index contributed by atoms with van der Waals surface area (Å²) in [6, 6.07) is 13.5. The molecule has 0 saturated carbocycles.